The van der Waals surface area contributed by atoms with Crippen molar-refractivity contribution in [2.24, 2.45) is 7.05 Å². The molecule has 1 aromatic rings. The normalized spacial score (nSPS) is 10.3. The fraction of sp³-hybridized carbons (Fsp3) is 0.600. The smallest absolute Gasteiger partial charge is 0.274 e. The van der Waals surface area contributed by atoms with Crippen molar-refractivity contribution in [2.75, 3.05) is 18.4 Å². The number of carbonyl (C=O) groups is 1. The van der Waals surface area contributed by atoms with Crippen LogP contribution in [-0.4, -0.2) is 39.0 Å². The average Bonchev–Trinajstić information content (AvgIpc) is 2.65. The molecule has 0 aliphatic rings. The van der Waals surface area contributed by atoms with Gasteiger partial charge in [-0.05, 0) is 19.4 Å². The Morgan fingerprint density at radius 1 is 1.67 bits per heavy atom. The molecule has 1 aromatic heterocycles. The zero-order valence-corrected chi connectivity index (χ0v) is 10.7. The molecule has 15 heavy (non-hydrogen) atoms. The number of alkyl halides is 1. The number of carbonyl (C=O) groups excluding carboxylic acids is 1. The summed E-state index contributed by atoms with van der Waals surface area (Å²) in [6, 6.07) is 1.75. The SMILES string of the molecule is CCN(CCCBr)C(=O)c1ccn(C)n1. The summed E-state index contributed by atoms with van der Waals surface area (Å²) in [7, 11) is 1.81. The summed E-state index contributed by atoms with van der Waals surface area (Å²) >= 11 is 3.36. The van der Waals surface area contributed by atoms with Crippen LogP contribution in [0.15, 0.2) is 12.3 Å². The lowest BCUT2D eigenvalue weighted by atomic mass is 10.3. The minimum Gasteiger partial charge on any atom is -0.338 e. The Hall–Kier alpha value is -0.840. The monoisotopic (exact) mass is 273 g/mol. The van der Waals surface area contributed by atoms with Crippen LogP contribution < -0.4 is 0 Å². The van der Waals surface area contributed by atoms with Crippen molar-refractivity contribution >= 4 is 21.8 Å². The number of amides is 1. The van der Waals surface area contributed by atoms with E-state index in [2.05, 4.69) is 21.0 Å². The van der Waals surface area contributed by atoms with E-state index >= 15 is 0 Å². The van der Waals surface area contributed by atoms with Crippen molar-refractivity contribution in [1.29, 1.82) is 0 Å². The van der Waals surface area contributed by atoms with Crippen LogP contribution >= 0.6 is 15.9 Å². The van der Waals surface area contributed by atoms with Gasteiger partial charge < -0.3 is 4.90 Å². The number of hydrogen-bond donors (Lipinski definition) is 0. The van der Waals surface area contributed by atoms with E-state index in [0.717, 1.165) is 24.8 Å². The minimum atomic E-state index is 0.0130. The highest BCUT2D eigenvalue weighted by Gasteiger charge is 2.15. The first-order chi connectivity index (χ1) is 7.19. The first-order valence-corrected chi connectivity index (χ1v) is 6.16. The van der Waals surface area contributed by atoms with Crippen molar-refractivity contribution in [3.8, 4) is 0 Å². The van der Waals surface area contributed by atoms with Crippen LogP contribution in [-0.2, 0) is 7.05 Å². The van der Waals surface area contributed by atoms with E-state index in [1.165, 1.54) is 0 Å². The standard InChI is InChI=1S/C10H16BrN3O/c1-3-14(7-4-6-11)10(15)9-5-8-13(2)12-9/h5,8H,3-4,6-7H2,1-2H3. The van der Waals surface area contributed by atoms with Gasteiger partial charge in [0.05, 0.1) is 0 Å². The second kappa shape index (κ2) is 5.90. The molecule has 0 saturated carbocycles. The van der Waals surface area contributed by atoms with Crippen LogP contribution in [0.25, 0.3) is 0 Å². The summed E-state index contributed by atoms with van der Waals surface area (Å²) < 4.78 is 1.64. The lowest BCUT2D eigenvalue weighted by Gasteiger charge is -2.18. The number of hydrogen-bond acceptors (Lipinski definition) is 2. The number of halogens is 1. The topological polar surface area (TPSA) is 38.1 Å². The van der Waals surface area contributed by atoms with Gasteiger partial charge >= 0.3 is 0 Å². The summed E-state index contributed by atoms with van der Waals surface area (Å²) in [5.74, 6) is 0.0130. The molecule has 0 N–H and O–H groups in total. The molecule has 1 amide bonds. The highest BCUT2D eigenvalue weighted by molar-refractivity contribution is 9.09. The van der Waals surface area contributed by atoms with E-state index in [9.17, 15) is 4.79 Å². The summed E-state index contributed by atoms with van der Waals surface area (Å²) in [5.41, 5.74) is 0.522. The second-order valence-electron chi connectivity index (χ2n) is 3.30. The molecule has 0 aromatic carbocycles. The average molecular weight is 274 g/mol. The van der Waals surface area contributed by atoms with E-state index in [-0.39, 0.29) is 5.91 Å². The Morgan fingerprint density at radius 2 is 2.40 bits per heavy atom. The van der Waals surface area contributed by atoms with Gasteiger partial charge in [-0.1, -0.05) is 15.9 Å². The van der Waals surface area contributed by atoms with Gasteiger partial charge in [0, 0.05) is 31.7 Å². The van der Waals surface area contributed by atoms with E-state index in [1.807, 2.05) is 18.9 Å². The zero-order valence-electron chi connectivity index (χ0n) is 9.11. The summed E-state index contributed by atoms with van der Waals surface area (Å²) in [4.78, 5) is 13.7. The van der Waals surface area contributed by atoms with Gasteiger partial charge in [-0.25, -0.2) is 0 Å². The van der Waals surface area contributed by atoms with Gasteiger partial charge in [0.15, 0.2) is 0 Å². The van der Waals surface area contributed by atoms with Crippen LogP contribution in [0.2, 0.25) is 0 Å². The molecule has 5 heteroatoms. The molecule has 4 nitrogen and oxygen atoms in total. The van der Waals surface area contributed by atoms with Crippen LogP contribution in [0.5, 0.6) is 0 Å². The van der Waals surface area contributed by atoms with Gasteiger partial charge in [0.25, 0.3) is 5.91 Å². The van der Waals surface area contributed by atoms with Gasteiger partial charge in [-0.3, -0.25) is 9.48 Å². The number of nitrogens with zero attached hydrogens (tertiary/aromatic N) is 3. The zero-order chi connectivity index (χ0) is 11.3. The van der Waals surface area contributed by atoms with Gasteiger partial charge in [0.2, 0.25) is 0 Å². The summed E-state index contributed by atoms with van der Waals surface area (Å²) in [5, 5.41) is 5.02. The predicted molar refractivity (Wildman–Crippen MR) is 63.2 cm³/mol. The largest absolute Gasteiger partial charge is 0.338 e. The number of rotatable bonds is 5. The van der Waals surface area contributed by atoms with Crippen molar-refractivity contribution in [2.45, 2.75) is 13.3 Å². The van der Waals surface area contributed by atoms with Crippen LogP contribution in [0.1, 0.15) is 23.8 Å². The van der Waals surface area contributed by atoms with Crippen molar-refractivity contribution in [3.05, 3.63) is 18.0 Å². The third-order valence-electron chi connectivity index (χ3n) is 2.16. The van der Waals surface area contributed by atoms with Crippen LogP contribution in [0, 0.1) is 0 Å². The minimum absolute atomic E-state index is 0.0130. The third-order valence-corrected chi connectivity index (χ3v) is 2.72. The third kappa shape index (κ3) is 3.34. The molecular formula is C10H16BrN3O. The fourth-order valence-corrected chi connectivity index (χ4v) is 1.60. The maximum Gasteiger partial charge on any atom is 0.274 e. The maximum absolute atomic E-state index is 11.9. The Labute approximate surface area is 98.4 Å². The van der Waals surface area contributed by atoms with Gasteiger partial charge in [0.1, 0.15) is 5.69 Å². The molecule has 0 atom stereocenters. The molecule has 0 radical (unpaired) electrons. The molecule has 0 unspecified atom stereocenters. The van der Waals surface area contributed by atoms with Gasteiger partial charge in [-0.15, -0.1) is 0 Å². The van der Waals surface area contributed by atoms with Gasteiger partial charge in [-0.2, -0.15) is 5.10 Å². The summed E-state index contributed by atoms with van der Waals surface area (Å²) in [6.07, 6.45) is 2.75. The Morgan fingerprint density at radius 3 is 2.87 bits per heavy atom. The molecule has 0 fully saturated rings. The quantitative estimate of drug-likeness (QED) is 0.766. The van der Waals surface area contributed by atoms with Crippen molar-refractivity contribution < 1.29 is 4.79 Å². The first-order valence-electron chi connectivity index (χ1n) is 5.04. The molecule has 0 spiro atoms. The number of aromatic nitrogens is 2. The molecule has 0 aliphatic heterocycles. The molecule has 0 aliphatic carbocycles. The Bertz CT molecular complexity index is 324. The Balaban J connectivity index is 2.64. The lowest BCUT2D eigenvalue weighted by molar-refractivity contribution is 0.0758. The first kappa shape index (κ1) is 12.2. The highest BCUT2D eigenvalue weighted by atomic mass is 79.9. The number of aryl methyl sites for hydroxylation is 1. The Kier molecular flexibility index (Phi) is 4.81. The second-order valence-corrected chi connectivity index (χ2v) is 4.10. The van der Waals surface area contributed by atoms with E-state index in [0.29, 0.717) is 5.69 Å². The summed E-state index contributed by atoms with van der Waals surface area (Å²) in [6.45, 7) is 3.48. The highest BCUT2D eigenvalue weighted by Crippen LogP contribution is 2.03. The van der Waals surface area contributed by atoms with E-state index in [4.69, 9.17) is 0 Å². The predicted octanol–water partition coefficient (Wildman–Crippen LogP) is 1.67. The lowest BCUT2D eigenvalue weighted by Crippen LogP contribution is -2.32. The van der Waals surface area contributed by atoms with Crippen molar-refractivity contribution in [3.63, 3.8) is 0 Å². The molecule has 1 rings (SSSR count). The molecule has 1 heterocycles. The molecule has 0 bridgehead atoms. The molecule has 84 valence electrons. The van der Waals surface area contributed by atoms with Crippen molar-refractivity contribution in [1.82, 2.24) is 14.7 Å². The fourth-order valence-electron chi connectivity index (χ4n) is 1.35. The van der Waals surface area contributed by atoms with E-state index < -0.39 is 0 Å². The van der Waals surface area contributed by atoms with Crippen LogP contribution in [0.3, 0.4) is 0 Å². The molecular weight excluding hydrogens is 258 g/mol. The van der Waals surface area contributed by atoms with Crippen LogP contribution in [0.4, 0.5) is 0 Å². The van der Waals surface area contributed by atoms with E-state index in [1.54, 1.807) is 16.9 Å². The molecule has 0 saturated heterocycles. The maximum atomic E-state index is 11.9.